The van der Waals surface area contributed by atoms with E-state index >= 15 is 0 Å². The lowest BCUT2D eigenvalue weighted by molar-refractivity contribution is 0.118. The normalized spacial score (nSPS) is 22.8. The van der Waals surface area contributed by atoms with Gasteiger partial charge in [-0.15, -0.1) is 0 Å². The van der Waals surface area contributed by atoms with Crippen LogP contribution in [0.3, 0.4) is 0 Å². The van der Waals surface area contributed by atoms with E-state index in [0.29, 0.717) is 5.41 Å². The summed E-state index contributed by atoms with van der Waals surface area (Å²) in [7, 11) is 2.24. The van der Waals surface area contributed by atoms with Crippen LogP contribution in [0, 0.1) is 5.41 Å². The topological polar surface area (TPSA) is 33.1 Å². The summed E-state index contributed by atoms with van der Waals surface area (Å²) in [6.07, 6.45) is 4.79. The van der Waals surface area contributed by atoms with E-state index in [0.717, 1.165) is 32.5 Å². The van der Waals surface area contributed by atoms with Crippen molar-refractivity contribution in [3.05, 3.63) is 17.2 Å². The van der Waals surface area contributed by atoms with Crippen LogP contribution in [0.2, 0.25) is 0 Å². The minimum atomic E-state index is 0.440. The third-order valence-electron chi connectivity index (χ3n) is 5.12. The standard InChI is InChI=1S/C16H28N4/c1-4-15-18-13-11-17-8-5-14(13)20(15)12-16(2)6-9-19(3)10-7-16/h17H,4-12H2,1-3H3. The highest BCUT2D eigenvalue weighted by atomic mass is 15.1. The van der Waals surface area contributed by atoms with Crippen LogP contribution in [0.25, 0.3) is 0 Å². The van der Waals surface area contributed by atoms with E-state index in [2.05, 4.69) is 35.7 Å². The Bertz CT molecular complexity index is 469. The van der Waals surface area contributed by atoms with Crippen molar-refractivity contribution < 1.29 is 0 Å². The lowest BCUT2D eigenvalue weighted by Crippen LogP contribution is -2.39. The van der Waals surface area contributed by atoms with E-state index in [-0.39, 0.29) is 0 Å². The van der Waals surface area contributed by atoms with Gasteiger partial charge in [0, 0.05) is 38.2 Å². The fraction of sp³-hybridized carbons (Fsp3) is 0.812. The Hall–Kier alpha value is -0.870. The fourth-order valence-corrected chi connectivity index (χ4v) is 3.58. The molecule has 1 aromatic rings. The molecule has 0 amide bonds. The number of hydrogen-bond donors (Lipinski definition) is 1. The summed E-state index contributed by atoms with van der Waals surface area (Å²) < 4.78 is 2.56. The van der Waals surface area contributed by atoms with Crippen molar-refractivity contribution in [1.82, 2.24) is 19.8 Å². The van der Waals surface area contributed by atoms with Crippen molar-refractivity contribution in [2.45, 2.75) is 52.6 Å². The zero-order chi connectivity index (χ0) is 14.2. The molecule has 0 unspecified atom stereocenters. The van der Waals surface area contributed by atoms with Crippen LogP contribution in [0.4, 0.5) is 0 Å². The van der Waals surface area contributed by atoms with E-state index in [1.165, 1.54) is 43.1 Å². The Morgan fingerprint density at radius 3 is 2.75 bits per heavy atom. The molecule has 1 N–H and O–H groups in total. The molecule has 2 aliphatic heterocycles. The van der Waals surface area contributed by atoms with Gasteiger partial charge in [0.05, 0.1) is 5.69 Å². The van der Waals surface area contributed by atoms with Crippen molar-refractivity contribution in [1.29, 1.82) is 0 Å². The maximum Gasteiger partial charge on any atom is 0.108 e. The van der Waals surface area contributed by atoms with Gasteiger partial charge in [0.2, 0.25) is 0 Å². The highest BCUT2D eigenvalue weighted by Crippen LogP contribution is 2.34. The lowest BCUT2D eigenvalue weighted by atomic mass is 9.80. The molecule has 4 nitrogen and oxygen atoms in total. The van der Waals surface area contributed by atoms with E-state index in [1.807, 2.05) is 0 Å². The van der Waals surface area contributed by atoms with Crippen molar-refractivity contribution in [3.8, 4) is 0 Å². The quantitative estimate of drug-likeness (QED) is 0.914. The maximum atomic E-state index is 4.87. The van der Waals surface area contributed by atoms with Crippen LogP contribution >= 0.6 is 0 Å². The predicted octanol–water partition coefficient (Wildman–Crippen LogP) is 1.82. The minimum Gasteiger partial charge on any atom is -0.331 e. The SMILES string of the molecule is CCc1nc2c(n1CC1(C)CCN(C)CC1)CCNC2. The largest absolute Gasteiger partial charge is 0.331 e. The second-order valence-corrected chi connectivity index (χ2v) is 6.90. The molecule has 0 radical (unpaired) electrons. The Kier molecular flexibility index (Phi) is 3.87. The fourth-order valence-electron chi connectivity index (χ4n) is 3.58. The summed E-state index contributed by atoms with van der Waals surface area (Å²) in [6.45, 7) is 10.4. The van der Waals surface area contributed by atoms with Gasteiger partial charge >= 0.3 is 0 Å². The van der Waals surface area contributed by atoms with E-state index in [1.54, 1.807) is 0 Å². The Morgan fingerprint density at radius 1 is 1.30 bits per heavy atom. The monoisotopic (exact) mass is 276 g/mol. The Labute approximate surface area is 122 Å². The summed E-state index contributed by atoms with van der Waals surface area (Å²) in [5, 5.41) is 3.44. The van der Waals surface area contributed by atoms with Crippen molar-refractivity contribution >= 4 is 0 Å². The van der Waals surface area contributed by atoms with Crippen LogP contribution in [-0.4, -0.2) is 41.1 Å². The summed E-state index contributed by atoms with van der Waals surface area (Å²) in [4.78, 5) is 7.32. The predicted molar refractivity (Wildman–Crippen MR) is 81.9 cm³/mol. The van der Waals surface area contributed by atoms with Crippen LogP contribution in [0.5, 0.6) is 0 Å². The molecule has 1 aromatic heterocycles. The van der Waals surface area contributed by atoms with Crippen LogP contribution in [-0.2, 0) is 25.9 Å². The summed E-state index contributed by atoms with van der Waals surface area (Å²) in [5.74, 6) is 1.29. The molecule has 0 saturated carbocycles. The van der Waals surface area contributed by atoms with Gasteiger partial charge < -0.3 is 14.8 Å². The van der Waals surface area contributed by atoms with Gasteiger partial charge in [0.25, 0.3) is 0 Å². The molecule has 20 heavy (non-hydrogen) atoms. The van der Waals surface area contributed by atoms with Gasteiger partial charge in [0.15, 0.2) is 0 Å². The van der Waals surface area contributed by atoms with E-state index in [4.69, 9.17) is 4.98 Å². The van der Waals surface area contributed by atoms with Crippen molar-refractivity contribution in [2.75, 3.05) is 26.7 Å². The number of aromatic nitrogens is 2. The summed E-state index contributed by atoms with van der Waals surface area (Å²) >= 11 is 0. The Morgan fingerprint density at radius 2 is 2.05 bits per heavy atom. The van der Waals surface area contributed by atoms with E-state index < -0.39 is 0 Å². The number of hydrogen-bond acceptors (Lipinski definition) is 3. The van der Waals surface area contributed by atoms with E-state index in [9.17, 15) is 0 Å². The number of piperidine rings is 1. The van der Waals surface area contributed by atoms with Gasteiger partial charge in [-0.1, -0.05) is 13.8 Å². The average Bonchev–Trinajstić information content (AvgIpc) is 2.80. The molecule has 2 aliphatic rings. The Balaban J connectivity index is 1.84. The van der Waals surface area contributed by atoms with Crippen LogP contribution in [0.1, 0.15) is 43.9 Å². The molecule has 0 bridgehead atoms. The zero-order valence-corrected chi connectivity index (χ0v) is 13.2. The first-order valence-electron chi connectivity index (χ1n) is 8.08. The molecule has 0 spiro atoms. The number of aryl methyl sites for hydroxylation is 1. The van der Waals surface area contributed by atoms with Gasteiger partial charge in [-0.25, -0.2) is 4.98 Å². The third-order valence-corrected chi connectivity index (χ3v) is 5.12. The van der Waals surface area contributed by atoms with Crippen LogP contribution in [0.15, 0.2) is 0 Å². The second-order valence-electron chi connectivity index (χ2n) is 6.90. The van der Waals surface area contributed by atoms with Gasteiger partial charge in [-0.3, -0.25) is 0 Å². The summed E-state index contributed by atoms with van der Waals surface area (Å²) in [5.41, 5.74) is 3.24. The first-order chi connectivity index (χ1) is 9.61. The molecule has 4 heteroatoms. The first-order valence-corrected chi connectivity index (χ1v) is 8.08. The molecule has 3 heterocycles. The second kappa shape index (κ2) is 5.49. The molecular formula is C16H28N4. The van der Waals surface area contributed by atoms with Crippen molar-refractivity contribution in [2.24, 2.45) is 5.41 Å². The number of imidazole rings is 1. The van der Waals surface area contributed by atoms with Gasteiger partial charge in [0.1, 0.15) is 5.82 Å². The van der Waals surface area contributed by atoms with Gasteiger partial charge in [-0.05, 0) is 38.4 Å². The third kappa shape index (κ3) is 2.63. The lowest BCUT2D eigenvalue weighted by Gasteiger charge is -2.39. The minimum absolute atomic E-state index is 0.440. The smallest absolute Gasteiger partial charge is 0.108 e. The molecule has 0 aromatic carbocycles. The number of nitrogens with one attached hydrogen (secondary N) is 1. The molecule has 1 saturated heterocycles. The van der Waals surface area contributed by atoms with Gasteiger partial charge in [-0.2, -0.15) is 0 Å². The zero-order valence-electron chi connectivity index (χ0n) is 13.2. The van der Waals surface area contributed by atoms with Crippen LogP contribution < -0.4 is 5.32 Å². The number of nitrogens with zero attached hydrogens (tertiary/aromatic N) is 3. The van der Waals surface area contributed by atoms with Crippen molar-refractivity contribution in [3.63, 3.8) is 0 Å². The average molecular weight is 276 g/mol. The highest BCUT2D eigenvalue weighted by Gasteiger charge is 2.31. The summed E-state index contributed by atoms with van der Waals surface area (Å²) in [6, 6.07) is 0. The number of likely N-dealkylation sites (tertiary alicyclic amines) is 1. The number of fused-ring (bicyclic) bond motifs is 1. The first kappa shape index (κ1) is 14.1. The molecule has 112 valence electrons. The molecule has 1 fully saturated rings. The highest BCUT2D eigenvalue weighted by molar-refractivity contribution is 5.20. The molecular weight excluding hydrogens is 248 g/mol. The number of rotatable bonds is 3. The molecule has 0 atom stereocenters. The maximum absolute atomic E-state index is 4.87. The molecule has 0 aliphatic carbocycles. The molecule has 3 rings (SSSR count).